The van der Waals surface area contributed by atoms with E-state index in [1.165, 1.54) is 0 Å². The molecule has 0 aliphatic heterocycles. The molecule has 0 bridgehead atoms. The van der Waals surface area contributed by atoms with Crippen LogP contribution in [-0.2, 0) is 10.0 Å². The number of nitrogens with zero attached hydrogens (tertiary/aromatic N) is 3. The van der Waals surface area contributed by atoms with Crippen molar-refractivity contribution in [3.05, 3.63) is 18.7 Å². The third-order valence-electron chi connectivity index (χ3n) is 1.44. The van der Waals surface area contributed by atoms with Gasteiger partial charge in [-0.1, -0.05) is 0 Å². The molecule has 0 saturated heterocycles. The van der Waals surface area contributed by atoms with Crippen LogP contribution in [0.2, 0.25) is 0 Å². The summed E-state index contributed by atoms with van der Waals surface area (Å²) in [6, 6.07) is 0. The van der Waals surface area contributed by atoms with Crippen LogP contribution in [0.5, 0.6) is 0 Å². The van der Waals surface area contributed by atoms with E-state index in [9.17, 15) is 34.8 Å². The lowest BCUT2D eigenvalue weighted by Crippen LogP contribution is -2.54. The Kier molecular flexibility index (Phi) is 3.03. The van der Waals surface area contributed by atoms with Crippen molar-refractivity contribution in [2.75, 3.05) is 4.41 Å². The highest BCUT2D eigenvalue weighted by Gasteiger charge is 2.59. The quantitative estimate of drug-likeness (QED) is 0.605. The number of imidazole rings is 1. The van der Waals surface area contributed by atoms with Crippen molar-refractivity contribution in [2.45, 2.75) is 11.8 Å². The number of alkyl halides is 6. The predicted octanol–water partition coefficient (Wildman–Crippen LogP) is 1.19. The first-order chi connectivity index (χ1) is 7.48. The summed E-state index contributed by atoms with van der Waals surface area (Å²) in [5.74, 6) is 0. The maximum Gasteiger partial charge on any atom is 0.518 e. The van der Waals surface area contributed by atoms with Crippen LogP contribution in [-0.4, -0.2) is 29.9 Å². The van der Waals surface area contributed by atoms with Crippen LogP contribution in [0.15, 0.2) is 18.7 Å². The Morgan fingerprint density at radius 2 is 1.65 bits per heavy atom. The van der Waals surface area contributed by atoms with Crippen LogP contribution in [0.25, 0.3) is 0 Å². The topological polar surface area (TPSA) is 55.2 Å². The number of hydrogen-bond acceptors (Lipinski definition) is 3. The van der Waals surface area contributed by atoms with Crippen molar-refractivity contribution < 1.29 is 34.8 Å². The Bertz CT molecular complexity index is 475. The van der Waals surface area contributed by atoms with Gasteiger partial charge >= 0.3 is 21.8 Å². The lowest BCUT2D eigenvalue weighted by molar-refractivity contribution is -0.134. The number of sulfonamides is 1. The zero-order valence-electron chi connectivity index (χ0n) is 7.57. The van der Waals surface area contributed by atoms with Gasteiger partial charge in [0.1, 0.15) is 6.33 Å². The summed E-state index contributed by atoms with van der Waals surface area (Å²) in [6.45, 7) is 0. The van der Waals surface area contributed by atoms with Crippen LogP contribution in [0.3, 0.4) is 0 Å². The highest BCUT2D eigenvalue weighted by atomic mass is 32.2. The standard InChI is InChI=1S/C5H3F6N3O2S/c6-4(7,8)14(13-2-1-12-3-13)17(15,16)5(9,10)11/h1-3H. The van der Waals surface area contributed by atoms with Crippen molar-refractivity contribution >= 4 is 10.0 Å². The summed E-state index contributed by atoms with van der Waals surface area (Å²) in [6.07, 6.45) is -4.38. The molecule has 1 aromatic heterocycles. The molecule has 0 atom stereocenters. The van der Waals surface area contributed by atoms with Crippen molar-refractivity contribution in [1.82, 2.24) is 9.66 Å². The van der Waals surface area contributed by atoms with Crippen molar-refractivity contribution in [2.24, 2.45) is 0 Å². The summed E-state index contributed by atoms with van der Waals surface area (Å²) in [4.78, 5) is 3.04. The molecule has 5 nitrogen and oxygen atoms in total. The molecule has 0 radical (unpaired) electrons. The molecule has 0 amide bonds. The molecule has 1 heterocycles. The molecular formula is C5H3F6N3O2S. The molecule has 0 spiro atoms. The van der Waals surface area contributed by atoms with Gasteiger partial charge in [0.25, 0.3) is 0 Å². The number of aromatic nitrogens is 2. The second-order valence-electron chi connectivity index (χ2n) is 2.60. The Balaban J connectivity index is 3.39. The summed E-state index contributed by atoms with van der Waals surface area (Å²) >= 11 is 0. The Morgan fingerprint density at radius 3 is 1.94 bits per heavy atom. The van der Waals surface area contributed by atoms with E-state index >= 15 is 0 Å². The fourth-order valence-electron chi connectivity index (χ4n) is 0.849. The van der Waals surface area contributed by atoms with Gasteiger partial charge in [-0.15, -0.1) is 17.6 Å². The lowest BCUT2D eigenvalue weighted by atomic mass is 10.9. The molecule has 17 heavy (non-hydrogen) atoms. The summed E-state index contributed by atoms with van der Waals surface area (Å²) in [5.41, 5.74) is -6.08. The minimum Gasteiger partial charge on any atom is -0.243 e. The van der Waals surface area contributed by atoms with E-state index in [1.54, 1.807) is 0 Å². The van der Waals surface area contributed by atoms with Gasteiger partial charge < -0.3 is 0 Å². The SMILES string of the molecule is O=S(=O)(N(n1ccnc1)C(F)(F)F)C(F)(F)F. The third-order valence-corrected chi connectivity index (χ3v) is 2.87. The molecule has 0 aromatic carbocycles. The van der Waals surface area contributed by atoms with Crippen LogP contribution in [0.1, 0.15) is 0 Å². The van der Waals surface area contributed by atoms with Gasteiger partial charge in [-0.2, -0.15) is 21.6 Å². The predicted molar refractivity (Wildman–Crippen MR) is 41.5 cm³/mol. The van der Waals surface area contributed by atoms with Gasteiger partial charge in [0.2, 0.25) is 0 Å². The van der Waals surface area contributed by atoms with Gasteiger partial charge in [0.15, 0.2) is 0 Å². The van der Waals surface area contributed by atoms with E-state index in [0.29, 0.717) is 12.4 Å². The summed E-state index contributed by atoms with van der Waals surface area (Å²) in [7, 11) is -6.59. The van der Waals surface area contributed by atoms with E-state index in [-0.39, 0.29) is 11.0 Å². The fraction of sp³-hybridized carbons (Fsp3) is 0.400. The molecule has 0 aliphatic carbocycles. The van der Waals surface area contributed by atoms with Gasteiger partial charge in [0.05, 0.1) is 0 Å². The Labute approximate surface area is 90.3 Å². The zero-order chi connectivity index (χ0) is 13.5. The molecule has 98 valence electrons. The van der Waals surface area contributed by atoms with Crippen molar-refractivity contribution in [1.29, 1.82) is 0 Å². The Hall–Kier alpha value is -1.46. The zero-order valence-corrected chi connectivity index (χ0v) is 8.38. The normalized spacial score (nSPS) is 13.8. The Morgan fingerprint density at radius 1 is 1.12 bits per heavy atom. The second kappa shape index (κ2) is 3.78. The van der Waals surface area contributed by atoms with Crippen LogP contribution in [0.4, 0.5) is 26.3 Å². The van der Waals surface area contributed by atoms with E-state index in [2.05, 4.69) is 4.98 Å². The second-order valence-corrected chi connectivity index (χ2v) is 4.36. The summed E-state index contributed by atoms with van der Waals surface area (Å²) in [5, 5.41) is 0. The number of rotatable bonds is 2. The molecule has 0 aliphatic rings. The van der Waals surface area contributed by atoms with Gasteiger partial charge in [-0.25, -0.2) is 9.66 Å². The average Bonchev–Trinajstić information content (AvgIpc) is 2.51. The smallest absolute Gasteiger partial charge is 0.243 e. The average molecular weight is 283 g/mol. The fourth-order valence-corrected chi connectivity index (χ4v) is 1.66. The maximum atomic E-state index is 12.3. The van der Waals surface area contributed by atoms with E-state index in [0.717, 1.165) is 0 Å². The monoisotopic (exact) mass is 283 g/mol. The molecule has 1 rings (SSSR count). The number of halogens is 6. The minimum atomic E-state index is -6.59. The molecule has 0 N–H and O–H groups in total. The van der Waals surface area contributed by atoms with Crippen LogP contribution < -0.4 is 4.41 Å². The first-order valence-electron chi connectivity index (χ1n) is 3.64. The van der Waals surface area contributed by atoms with E-state index < -0.39 is 26.2 Å². The van der Waals surface area contributed by atoms with Crippen molar-refractivity contribution in [3.63, 3.8) is 0 Å². The molecule has 12 heteroatoms. The van der Waals surface area contributed by atoms with E-state index in [1.807, 2.05) is 0 Å². The first-order valence-corrected chi connectivity index (χ1v) is 5.08. The minimum absolute atomic E-state index is 0.275. The van der Waals surface area contributed by atoms with Crippen LogP contribution >= 0.6 is 0 Å². The molecule has 0 fully saturated rings. The molecule has 0 unspecified atom stereocenters. The van der Waals surface area contributed by atoms with Crippen molar-refractivity contribution in [3.8, 4) is 0 Å². The lowest BCUT2D eigenvalue weighted by Gasteiger charge is -2.26. The van der Waals surface area contributed by atoms with Crippen LogP contribution in [0, 0.1) is 0 Å². The molecule has 0 saturated carbocycles. The van der Waals surface area contributed by atoms with Gasteiger partial charge in [-0.05, 0) is 0 Å². The number of hydrogen-bond donors (Lipinski definition) is 0. The highest BCUT2D eigenvalue weighted by molar-refractivity contribution is 7.93. The van der Waals surface area contributed by atoms with E-state index in [4.69, 9.17) is 0 Å². The molecular weight excluding hydrogens is 280 g/mol. The largest absolute Gasteiger partial charge is 0.518 e. The van der Waals surface area contributed by atoms with Gasteiger partial charge in [-0.3, -0.25) is 0 Å². The molecule has 1 aromatic rings. The summed E-state index contributed by atoms with van der Waals surface area (Å²) < 4.78 is 92.4. The maximum absolute atomic E-state index is 12.3. The van der Waals surface area contributed by atoms with Gasteiger partial charge in [0, 0.05) is 12.4 Å². The first kappa shape index (κ1) is 13.6. The third kappa shape index (κ3) is 2.45. The highest BCUT2D eigenvalue weighted by Crippen LogP contribution is 2.32.